The van der Waals surface area contributed by atoms with Crippen molar-refractivity contribution in [3.05, 3.63) is 0 Å². The van der Waals surface area contributed by atoms with Crippen molar-refractivity contribution in [1.82, 2.24) is 0 Å². The van der Waals surface area contributed by atoms with Gasteiger partial charge in [0.25, 0.3) is 0 Å². The predicted molar refractivity (Wildman–Crippen MR) is 37.8 cm³/mol. The van der Waals surface area contributed by atoms with Crippen LogP contribution < -0.4 is 0 Å². The van der Waals surface area contributed by atoms with Crippen LogP contribution >= 0.6 is 24.8 Å². The van der Waals surface area contributed by atoms with Gasteiger partial charge in [0.1, 0.15) is 0 Å². The molecule has 0 aromatic heterocycles. The van der Waals surface area contributed by atoms with E-state index >= 15 is 0 Å². The van der Waals surface area contributed by atoms with E-state index in [-0.39, 0.29) is 27.2 Å². The van der Waals surface area contributed by atoms with Gasteiger partial charge in [-0.2, -0.15) is 0 Å². The molecule has 0 fully saturated rings. The van der Waals surface area contributed by atoms with E-state index in [0.717, 1.165) is 0 Å². The van der Waals surface area contributed by atoms with Gasteiger partial charge in [-0.1, -0.05) is 12.6 Å². The van der Waals surface area contributed by atoms with E-state index in [1.807, 2.05) is 13.8 Å². The summed E-state index contributed by atoms with van der Waals surface area (Å²) in [6.45, 7) is 3.81. The summed E-state index contributed by atoms with van der Waals surface area (Å²) in [5.41, 5.74) is 0. The van der Waals surface area contributed by atoms with E-state index < -0.39 is 0 Å². The van der Waals surface area contributed by atoms with Gasteiger partial charge in [-0.05, 0) is 26.1 Å². The zero-order chi connectivity index (χ0) is 5.86. The molecule has 0 saturated heterocycles. The first-order valence-corrected chi connectivity index (χ1v) is 2.88. The number of thiocarbonyl (C=S) groups is 1. The van der Waals surface area contributed by atoms with Gasteiger partial charge in [0.05, 0.1) is 6.10 Å². The molecule has 48 valence electrons. The summed E-state index contributed by atoms with van der Waals surface area (Å²) in [5.74, 6) is 0. The summed E-state index contributed by atoms with van der Waals surface area (Å²) in [6, 6.07) is 0. The Hall–Kier alpha value is 0.928. The molecule has 0 saturated carbocycles. The van der Waals surface area contributed by atoms with Crippen LogP contribution in [0.5, 0.6) is 0 Å². The van der Waals surface area contributed by atoms with Crippen molar-refractivity contribution < 1.29 is 25.8 Å². The number of rotatable bonds is 1. The van der Waals surface area contributed by atoms with Crippen molar-refractivity contribution in [2.75, 3.05) is 0 Å². The first kappa shape index (κ1) is 11.7. The van der Waals surface area contributed by atoms with E-state index in [9.17, 15) is 0 Å². The molecule has 0 N–H and O–H groups in total. The number of thiol groups is 1. The average Bonchev–Trinajstić information content (AvgIpc) is 1.27. The second-order valence-electron chi connectivity index (χ2n) is 1.43. The average molecular weight is 232 g/mol. The molecular weight excluding hydrogens is 224 g/mol. The van der Waals surface area contributed by atoms with Gasteiger partial charge in [-0.15, -0.1) is 0 Å². The maximum atomic E-state index is 4.85. The molecule has 0 spiro atoms. The topological polar surface area (TPSA) is 9.23 Å². The Labute approximate surface area is 74.8 Å². The summed E-state index contributed by atoms with van der Waals surface area (Å²) in [6.07, 6.45) is 0.157. The van der Waals surface area contributed by atoms with Crippen molar-refractivity contribution in [3.8, 4) is 0 Å². The van der Waals surface area contributed by atoms with Crippen LogP contribution in [0.4, 0.5) is 0 Å². The minimum atomic E-state index is 0. The van der Waals surface area contributed by atoms with Crippen molar-refractivity contribution in [1.29, 1.82) is 0 Å². The molecule has 0 aliphatic carbocycles. The van der Waals surface area contributed by atoms with E-state index in [0.29, 0.717) is 4.38 Å². The standard InChI is InChI=1S/C4H8OS2.Mo/c1-3(2)5-4(6)7;/h3H,1-2H3,(H,6,7);. The third kappa shape index (κ3) is 10.0. The zero-order valence-electron chi connectivity index (χ0n) is 4.75. The fourth-order valence-electron chi connectivity index (χ4n) is 0.202. The molecule has 1 nitrogen and oxygen atoms in total. The van der Waals surface area contributed by atoms with Crippen LogP contribution in [0.2, 0.25) is 0 Å². The Morgan fingerprint density at radius 1 is 1.62 bits per heavy atom. The fourth-order valence-corrected chi connectivity index (χ4v) is 0.605. The van der Waals surface area contributed by atoms with Gasteiger partial charge in [-0.3, -0.25) is 0 Å². The molecule has 0 rings (SSSR count). The van der Waals surface area contributed by atoms with Crippen LogP contribution in [-0.4, -0.2) is 10.5 Å². The van der Waals surface area contributed by atoms with Crippen LogP contribution in [0.1, 0.15) is 13.8 Å². The van der Waals surface area contributed by atoms with Crippen LogP contribution in [-0.2, 0) is 25.8 Å². The van der Waals surface area contributed by atoms with E-state index in [1.165, 1.54) is 0 Å². The van der Waals surface area contributed by atoms with Crippen LogP contribution in [0.15, 0.2) is 0 Å². The normalized spacial score (nSPS) is 8.00. The molecule has 0 amide bonds. The molecule has 0 heterocycles. The zero-order valence-corrected chi connectivity index (χ0v) is 8.47. The van der Waals surface area contributed by atoms with Gasteiger partial charge >= 0.3 is 0 Å². The van der Waals surface area contributed by atoms with Gasteiger partial charge in [0.15, 0.2) is 0 Å². The molecule has 0 atom stereocenters. The molecule has 0 aliphatic rings. The van der Waals surface area contributed by atoms with Crippen molar-refractivity contribution in [3.63, 3.8) is 0 Å². The second kappa shape index (κ2) is 6.05. The molecule has 0 unspecified atom stereocenters. The van der Waals surface area contributed by atoms with Crippen LogP contribution in [0, 0.1) is 0 Å². The third-order valence-corrected chi connectivity index (χ3v) is 0.538. The number of hydrogen-bond acceptors (Lipinski definition) is 2. The minimum absolute atomic E-state index is 0. The van der Waals surface area contributed by atoms with E-state index in [4.69, 9.17) is 4.74 Å². The smallest absolute Gasteiger partial charge is 0.217 e. The largest absolute Gasteiger partial charge is 0.476 e. The van der Waals surface area contributed by atoms with Crippen LogP contribution in [0.3, 0.4) is 0 Å². The van der Waals surface area contributed by atoms with Gasteiger partial charge in [0, 0.05) is 21.1 Å². The first-order chi connectivity index (χ1) is 3.13. The van der Waals surface area contributed by atoms with Crippen molar-refractivity contribution in [2.24, 2.45) is 0 Å². The molecule has 4 heteroatoms. The Bertz CT molecular complexity index is 74.4. The SMILES string of the molecule is CC(C)OC(=S)S.[Mo]. The molecule has 8 heavy (non-hydrogen) atoms. The summed E-state index contributed by atoms with van der Waals surface area (Å²) in [7, 11) is 0. The summed E-state index contributed by atoms with van der Waals surface area (Å²) >= 11 is 8.26. The van der Waals surface area contributed by atoms with Gasteiger partial charge < -0.3 is 4.74 Å². The Balaban J connectivity index is 0. The molecular formula is C4H8MoOS2. The van der Waals surface area contributed by atoms with Crippen molar-refractivity contribution in [2.45, 2.75) is 20.0 Å². The Morgan fingerprint density at radius 3 is 2.00 bits per heavy atom. The molecule has 0 bridgehead atoms. The monoisotopic (exact) mass is 234 g/mol. The Kier molecular flexibility index (Phi) is 8.85. The maximum Gasteiger partial charge on any atom is 0.217 e. The summed E-state index contributed by atoms with van der Waals surface area (Å²) in [4.78, 5) is 0. The van der Waals surface area contributed by atoms with Gasteiger partial charge in [-0.25, -0.2) is 0 Å². The second-order valence-corrected chi connectivity index (χ2v) is 2.51. The number of hydrogen-bond donors (Lipinski definition) is 1. The van der Waals surface area contributed by atoms with E-state index in [2.05, 4.69) is 24.8 Å². The quantitative estimate of drug-likeness (QED) is 0.418. The number of ether oxygens (including phenoxy) is 1. The molecule has 0 aliphatic heterocycles. The summed E-state index contributed by atoms with van der Waals surface area (Å²) < 4.78 is 5.16. The molecule has 0 aromatic rings. The first-order valence-electron chi connectivity index (χ1n) is 2.02. The van der Waals surface area contributed by atoms with Crippen molar-refractivity contribution >= 4 is 29.2 Å². The maximum absolute atomic E-state index is 4.85. The van der Waals surface area contributed by atoms with Crippen LogP contribution in [0.25, 0.3) is 0 Å². The third-order valence-electron chi connectivity index (χ3n) is 0.337. The minimum Gasteiger partial charge on any atom is -0.476 e. The van der Waals surface area contributed by atoms with Gasteiger partial charge in [0.2, 0.25) is 4.38 Å². The predicted octanol–water partition coefficient (Wildman–Crippen LogP) is 1.62. The fraction of sp³-hybridized carbons (Fsp3) is 0.750. The molecule has 0 aromatic carbocycles. The molecule has 0 radical (unpaired) electrons. The Morgan fingerprint density at radius 2 is 2.00 bits per heavy atom. The van der Waals surface area contributed by atoms with E-state index in [1.54, 1.807) is 0 Å². The summed E-state index contributed by atoms with van der Waals surface area (Å²) in [5, 5.41) is 0.